The number of aryl methyl sites for hydroxylation is 2. The number of amides is 1. The molecule has 5 nitrogen and oxygen atoms in total. The van der Waals surface area contributed by atoms with Gasteiger partial charge >= 0.3 is 0 Å². The van der Waals surface area contributed by atoms with Crippen LogP contribution in [-0.2, 0) is 11.2 Å². The maximum absolute atomic E-state index is 12.5. The third-order valence-electron chi connectivity index (χ3n) is 4.21. The molecule has 26 heavy (non-hydrogen) atoms. The average molecular weight is 349 g/mol. The van der Waals surface area contributed by atoms with Crippen molar-refractivity contribution in [3.8, 4) is 11.5 Å². The van der Waals surface area contributed by atoms with Crippen LogP contribution in [0.15, 0.2) is 47.0 Å². The van der Waals surface area contributed by atoms with Crippen LogP contribution in [0.5, 0.6) is 0 Å². The Morgan fingerprint density at radius 2 is 1.85 bits per heavy atom. The number of hydrogen-bond acceptors (Lipinski definition) is 4. The van der Waals surface area contributed by atoms with Gasteiger partial charge in [0.15, 0.2) is 5.82 Å². The van der Waals surface area contributed by atoms with E-state index in [1.165, 1.54) is 5.56 Å². The number of nitrogens with one attached hydrogen (secondary N) is 1. The smallest absolute Gasteiger partial charge is 0.260 e. The van der Waals surface area contributed by atoms with Gasteiger partial charge in [-0.25, -0.2) is 0 Å². The Bertz CT molecular complexity index is 911. The van der Waals surface area contributed by atoms with E-state index in [2.05, 4.69) is 15.5 Å². The van der Waals surface area contributed by atoms with E-state index in [0.717, 1.165) is 16.7 Å². The largest absolute Gasteiger partial charge is 0.334 e. The Morgan fingerprint density at radius 3 is 2.50 bits per heavy atom. The zero-order valence-electron chi connectivity index (χ0n) is 15.5. The molecule has 5 heteroatoms. The molecule has 1 N–H and O–H groups in total. The molecular formula is C21H23N3O2. The van der Waals surface area contributed by atoms with Gasteiger partial charge in [-0.1, -0.05) is 61.0 Å². The van der Waals surface area contributed by atoms with Crippen LogP contribution >= 0.6 is 0 Å². The third-order valence-corrected chi connectivity index (χ3v) is 4.21. The normalized spacial score (nSPS) is 11.0. The van der Waals surface area contributed by atoms with Crippen LogP contribution in [0.4, 0.5) is 5.69 Å². The first-order valence-corrected chi connectivity index (χ1v) is 8.73. The van der Waals surface area contributed by atoms with Gasteiger partial charge in [-0.3, -0.25) is 4.79 Å². The molecule has 0 unspecified atom stereocenters. The van der Waals surface area contributed by atoms with E-state index < -0.39 is 0 Å². The fourth-order valence-corrected chi connectivity index (χ4v) is 2.67. The van der Waals surface area contributed by atoms with Crippen molar-refractivity contribution in [2.24, 2.45) is 0 Å². The number of benzene rings is 2. The van der Waals surface area contributed by atoms with Crippen LogP contribution in [0.3, 0.4) is 0 Å². The number of carbonyl (C=O) groups is 1. The molecule has 0 bridgehead atoms. The number of anilines is 1. The van der Waals surface area contributed by atoms with Gasteiger partial charge in [0.1, 0.15) is 0 Å². The second-order valence-corrected chi connectivity index (χ2v) is 6.82. The summed E-state index contributed by atoms with van der Waals surface area (Å²) in [6.07, 6.45) is 0.315. The summed E-state index contributed by atoms with van der Waals surface area (Å²) in [6.45, 7) is 7.99. The molecule has 0 aliphatic carbocycles. The molecule has 2 aromatic carbocycles. The van der Waals surface area contributed by atoms with Crippen molar-refractivity contribution in [2.75, 3.05) is 5.32 Å². The summed E-state index contributed by atoms with van der Waals surface area (Å²) >= 11 is 0. The number of carbonyl (C=O) groups excluding carboxylic acids is 1. The highest BCUT2D eigenvalue weighted by Crippen LogP contribution is 2.30. The van der Waals surface area contributed by atoms with E-state index in [1.807, 2.05) is 70.2 Å². The molecule has 1 aromatic heterocycles. The van der Waals surface area contributed by atoms with Crippen LogP contribution in [0.2, 0.25) is 0 Å². The van der Waals surface area contributed by atoms with Crippen molar-refractivity contribution in [1.29, 1.82) is 0 Å². The lowest BCUT2D eigenvalue weighted by Gasteiger charge is -2.12. The number of hydrogen-bond donors (Lipinski definition) is 1. The summed E-state index contributed by atoms with van der Waals surface area (Å²) in [6, 6.07) is 13.7. The minimum Gasteiger partial charge on any atom is -0.334 e. The van der Waals surface area contributed by atoms with Crippen LogP contribution in [0, 0.1) is 13.8 Å². The summed E-state index contributed by atoms with van der Waals surface area (Å²) in [5.41, 5.74) is 4.55. The molecule has 1 amide bonds. The van der Waals surface area contributed by atoms with Crippen molar-refractivity contribution in [3.63, 3.8) is 0 Å². The third kappa shape index (κ3) is 3.99. The van der Waals surface area contributed by atoms with E-state index in [9.17, 15) is 4.79 Å². The summed E-state index contributed by atoms with van der Waals surface area (Å²) in [5, 5.41) is 7.03. The predicted molar refractivity (Wildman–Crippen MR) is 102 cm³/mol. The number of nitrogens with zero attached hydrogens (tertiary/aromatic N) is 2. The molecule has 0 saturated carbocycles. The zero-order valence-corrected chi connectivity index (χ0v) is 15.5. The highest BCUT2D eigenvalue weighted by Gasteiger charge is 2.17. The van der Waals surface area contributed by atoms with E-state index >= 15 is 0 Å². The van der Waals surface area contributed by atoms with Gasteiger partial charge in [-0.05, 0) is 31.0 Å². The second-order valence-electron chi connectivity index (χ2n) is 6.82. The van der Waals surface area contributed by atoms with E-state index in [0.29, 0.717) is 23.8 Å². The molecule has 3 rings (SSSR count). The Kier molecular flexibility index (Phi) is 5.16. The Hall–Kier alpha value is -2.95. The molecule has 0 saturated heterocycles. The lowest BCUT2D eigenvalue weighted by molar-refractivity contribution is -0.115. The van der Waals surface area contributed by atoms with Crippen LogP contribution in [0.1, 0.15) is 42.3 Å². The molecular weight excluding hydrogens is 326 g/mol. The van der Waals surface area contributed by atoms with Crippen LogP contribution < -0.4 is 5.32 Å². The molecule has 0 atom stereocenters. The van der Waals surface area contributed by atoms with Gasteiger partial charge in [0.05, 0.1) is 17.7 Å². The average Bonchev–Trinajstić information content (AvgIpc) is 3.09. The second kappa shape index (κ2) is 7.52. The Balaban J connectivity index is 1.84. The van der Waals surface area contributed by atoms with Crippen molar-refractivity contribution in [1.82, 2.24) is 10.1 Å². The molecule has 0 aliphatic heterocycles. The maximum atomic E-state index is 12.5. The van der Waals surface area contributed by atoms with Crippen LogP contribution in [-0.4, -0.2) is 16.0 Å². The summed E-state index contributed by atoms with van der Waals surface area (Å²) < 4.78 is 5.41. The van der Waals surface area contributed by atoms with Crippen molar-refractivity contribution in [3.05, 3.63) is 65.0 Å². The highest BCUT2D eigenvalue weighted by molar-refractivity contribution is 5.96. The van der Waals surface area contributed by atoms with Gasteiger partial charge in [0.25, 0.3) is 5.89 Å². The minimum absolute atomic E-state index is 0.0759. The first-order chi connectivity index (χ1) is 12.4. The number of rotatable bonds is 5. The number of para-hydroxylation sites is 1. The molecule has 134 valence electrons. The maximum Gasteiger partial charge on any atom is 0.260 e. The molecule has 0 radical (unpaired) electrons. The fraction of sp³-hybridized carbons (Fsp3) is 0.286. The standard InChI is InChI=1S/C21H23N3O2/c1-13(2)20-23-21(26-24-20)17-7-5-6-15(4)19(17)22-18(25)12-16-10-8-14(3)9-11-16/h5-11,13H,12H2,1-4H3,(H,22,25). The summed E-state index contributed by atoms with van der Waals surface area (Å²) in [5.74, 6) is 1.17. The molecule has 0 aliphatic rings. The number of aromatic nitrogens is 2. The van der Waals surface area contributed by atoms with Gasteiger partial charge in [-0.15, -0.1) is 0 Å². The van der Waals surface area contributed by atoms with Gasteiger partial charge in [0, 0.05) is 5.92 Å². The minimum atomic E-state index is -0.0759. The van der Waals surface area contributed by atoms with E-state index in [-0.39, 0.29) is 11.8 Å². The molecule has 0 spiro atoms. The SMILES string of the molecule is Cc1ccc(CC(=O)Nc2c(C)cccc2-c2nc(C(C)C)no2)cc1. The lowest BCUT2D eigenvalue weighted by atomic mass is 10.1. The van der Waals surface area contributed by atoms with Gasteiger partial charge in [0.2, 0.25) is 5.91 Å². The van der Waals surface area contributed by atoms with E-state index in [4.69, 9.17) is 4.52 Å². The predicted octanol–water partition coefficient (Wildman–Crippen LogP) is 4.66. The monoisotopic (exact) mass is 349 g/mol. The van der Waals surface area contributed by atoms with Crippen molar-refractivity contribution in [2.45, 2.75) is 40.0 Å². The van der Waals surface area contributed by atoms with Gasteiger partial charge < -0.3 is 9.84 Å². The van der Waals surface area contributed by atoms with Crippen molar-refractivity contribution < 1.29 is 9.32 Å². The van der Waals surface area contributed by atoms with E-state index in [1.54, 1.807) is 0 Å². The van der Waals surface area contributed by atoms with Crippen LogP contribution in [0.25, 0.3) is 11.5 Å². The zero-order chi connectivity index (χ0) is 18.7. The Morgan fingerprint density at radius 1 is 1.12 bits per heavy atom. The summed E-state index contributed by atoms with van der Waals surface area (Å²) in [4.78, 5) is 17.0. The molecule has 0 fully saturated rings. The van der Waals surface area contributed by atoms with Gasteiger partial charge in [-0.2, -0.15) is 4.98 Å². The lowest BCUT2D eigenvalue weighted by Crippen LogP contribution is -2.16. The Labute approximate surface area is 153 Å². The molecule has 3 aromatic rings. The fourth-order valence-electron chi connectivity index (χ4n) is 2.67. The highest BCUT2D eigenvalue weighted by atomic mass is 16.5. The van der Waals surface area contributed by atoms with Crippen molar-refractivity contribution >= 4 is 11.6 Å². The first kappa shape index (κ1) is 17.9. The molecule has 1 heterocycles. The first-order valence-electron chi connectivity index (χ1n) is 8.73. The topological polar surface area (TPSA) is 68.0 Å². The quantitative estimate of drug-likeness (QED) is 0.727. The summed E-state index contributed by atoms with van der Waals surface area (Å²) in [7, 11) is 0.